The van der Waals surface area contributed by atoms with E-state index in [4.69, 9.17) is 4.98 Å². The maximum atomic E-state index is 4.92. The summed E-state index contributed by atoms with van der Waals surface area (Å²) < 4.78 is 0. The molecule has 118 valence electrons. The first-order valence-electron chi connectivity index (χ1n) is 8.90. The topological polar surface area (TPSA) is 12.9 Å². The molecule has 23 heavy (non-hydrogen) atoms. The predicted molar refractivity (Wildman–Crippen MR) is 99.3 cm³/mol. The van der Waals surface area contributed by atoms with Crippen LogP contribution in [-0.2, 0) is 5.41 Å². The van der Waals surface area contributed by atoms with Gasteiger partial charge in [0.15, 0.2) is 0 Å². The van der Waals surface area contributed by atoms with Crippen LogP contribution in [0.3, 0.4) is 0 Å². The van der Waals surface area contributed by atoms with Gasteiger partial charge in [-0.05, 0) is 65.7 Å². The lowest BCUT2D eigenvalue weighted by Gasteiger charge is -2.25. The fourth-order valence-electron chi connectivity index (χ4n) is 4.65. The van der Waals surface area contributed by atoms with Gasteiger partial charge in [0.25, 0.3) is 0 Å². The quantitative estimate of drug-likeness (QED) is 0.509. The third-order valence-electron chi connectivity index (χ3n) is 6.13. The van der Waals surface area contributed by atoms with Gasteiger partial charge in [-0.2, -0.15) is 0 Å². The van der Waals surface area contributed by atoms with Crippen molar-refractivity contribution in [2.45, 2.75) is 58.3 Å². The van der Waals surface area contributed by atoms with Crippen LogP contribution < -0.4 is 0 Å². The van der Waals surface area contributed by atoms with Gasteiger partial charge in [-0.25, -0.2) is 0 Å². The van der Waals surface area contributed by atoms with E-state index < -0.39 is 0 Å². The van der Waals surface area contributed by atoms with Crippen LogP contribution in [0.4, 0.5) is 0 Å². The Balaban J connectivity index is 2.16. The molecule has 0 N–H and O–H groups in total. The van der Waals surface area contributed by atoms with Crippen molar-refractivity contribution >= 4 is 21.7 Å². The molecule has 3 aromatic rings. The highest BCUT2D eigenvalue weighted by Crippen LogP contribution is 2.51. The second kappa shape index (κ2) is 5.06. The van der Waals surface area contributed by atoms with Crippen LogP contribution in [0, 0.1) is 6.92 Å². The van der Waals surface area contributed by atoms with E-state index in [1.807, 2.05) is 0 Å². The smallest absolute Gasteiger partial charge is 0.0783 e. The second-order valence-electron chi connectivity index (χ2n) is 7.45. The van der Waals surface area contributed by atoms with E-state index in [2.05, 4.69) is 64.2 Å². The predicted octanol–water partition coefficient (Wildman–Crippen LogP) is 6.26. The average Bonchev–Trinajstić information content (AvgIpc) is 2.89. The minimum atomic E-state index is 0.284. The molecule has 2 unspecified atom stereocenters. The Labute approximate surface area is 138 Å². The van der Waals surface area contributed by atoms with Gasteiger partial charge in [-0.15, -0.1) is 0 Å². The van der Waals surface area contributed by atoms with Crippen molar-refractivity contribution < 1.29 is 0 Å². The maximum absolute atomic E-state index is 4.92. The summed E-state index contributed by atoms with van der Waals surface area (Å²) in [6, 6.07) is 11.1. The Kier molecular flexibility index (Phi) is 3.23. The minimum absolute atomic E-state index is 0.284. The van der Waals surface area contributed by atoms with Gasteiger partial charge in [-0.3, -0.25) is 4.98 Å². The maximum Gasteiger partial charge on any atom is 0.0783 e. The highest BCUT2D eigenvalue weighted by atomic mass is 14.7. The highest BCUT2D eigenvalue weighted by Gasteiger charge is 2.40. The van der Waals surface area contributed by atoms with Crippen molar-refractivity contribution in [2.75, 3.05) is 0 Å². The zero-order valence-electron chi connectivity index (χ0n) is 14.6. The molecule has 0 aliphatic heterocycles. The lowest BCUT2D eigenvalue weighted by atomic mass is 9.79. The number of aryl methyl sites for hydroxylation is 1. The number of hydrogen-bond acceptors (Lipinski definition) is 1. The summed E-state index contributed by atoms with van der Waals surface area (Å²) in [5.41, 5.74) is 5.90. The Hall–Kier alpha value is -1.89. The summed E-state index contributed by atoms with van der Waals surface area (Å²) in [5.74, 6) is 0.665. The number of fused-ring (bicyclic) bond motifs is 5. The zero-order valence-corrected chi connectivity index (χ0v) is 14.6. The number of nitrogens with zero attached hydrogens (tertiary/aromatic N) is 1. The summed E-state index contributed by atoms with van der Waals surface area (Å²) in [6.07, 6.45) is 5.85. The number of rotatable bonds is 2. The van der Waals surface area contributed by atoms with Crippen molar-refractivity contribution in [2.24, 2.45) is 0 Å². The van der Waals surface area contributed by atoms with Crippen LogP contribution in [0.5, 0.6) is 0 Å². The standard InChI is InChI=1S/C22H25N/c1-5-15-12-22(4,6-2)20-18-11-14(3)16-9-7-8-10-17(16)21(18)23-13-19(15)20/h7-11,13,15H,5-6,12H2,1-4H3. The molecule has 1 aliphatic rings. The molecule has 0 spiro atoms. The summed E-state index contributed by atoms with van der Waals surface area (Å²) in [6.45, 7) is 9.33. The fourth-order valence-corrected chi connectivity index (χ4v) is 4.65. The molecule has 0 saturated carbocycles. The Morgan fingerprint density at radius 1 is 1.13 bits per heavy atom. The molecule has 0 amide bonds. The number of hydrogen-bond donors (Lipinski definition) is 0. The molecule has 0 fully saturated rings. The van der Waals surface area contributed by atoms with Crippen LogP contribution in [0.15, 0.2) is 36.5 Å². The summed E-state index contributed by atoms with van der Waals surface area (Å²) in [7, 11) is 0. The van der Waals surface area contributed by atoms with Crippen molar-refractivity contribution in [1.82, 2.24) is 4.98 Å². The van der Waals surface area contributed by atoms with Gasteiger partial charge in [0, 0.05) is 17.0 Å². The molecule has 4 rings (SSSR count). The van der Waals surface area contributed by atoms with Crippen molar-refractivity contribution in [3.63, 3.8) is 0 Å². The summed E-state index contributed by atoms with van der Waals surface area (Å²) >= 11 is 0. The Bertz CT molecular complexity index is 909. The van der Waals surface area contributed by atoms with E-state index in [-0.39, 0.29) is 5.41 Å². The van der Waals surface area contributed by atoms with Crippen molar-refractivity contribution in [3.8, 4) is 0 Å². The lowest BCUT2D eigenvalue weighted by molar-refractivity contribution is 0.418. The first-order valence-corrected chi connectivity index (χ1v) is 8.90. The summed E-state index contributed by atoms with van der Waals surface area (Å²) in [5, 5.41) is 4.01. The van der Waals surface area contributed by atoms with Gasteiger partial charge < -0.3 is 0 Å². The van der Waals surface area contributed by atoms with Crippen LogP contribution in [0.1, 0.15) is 62.6 Å². The SMILES string of the molecule is CCC1CC(C)(CC)c2c1cnc1c2cc(C)c2ccccc21. The van der Waals surface area contributed by atoms with Crippen molar-refractivity contribution in [3.05, 3.63) is 53.2 Å². The second-order valence-corrected chi connectivity index (χ2v) is 7.45. The third-order valence-corrected chi connectivity index (χ3v) is 6.13. The normalized spacial score (nSPS) is 23.6. The van der Waals surface area contributed by atoms with E-state index in [0.29, 0.717) is 5.92 Å². The molecule has 0 saturated heterocycles. The third kappa shape index (κ3) is 1.95. The number of benzene rings is 2. The van der Waals surface area contributed by atoms with E-state index in [9.17, 15) is 0 Å². The molecule has 2 atom stereocenters. The molecule has 1 nitrogen and oxygen atoms in total. The minimum Gasteiger partial charge on any atom is -0.255 e. The van der Waals surface area contributed by atoms with Gasteiger partial charge in [0.05, 0.1) is 5.52 Å². The monoisotopic (exact) mass is 303 g/mol. The van der Waals surface area contributed by atoms with Crippen molar-refractivity contribution in [1.29, 1.82) is 0 Å². The first kappa shape index (κ1) is 14.7. The highest BCUT2D eigenvalue weighted by molar-refractivity contribution is 6.08. The molecule has 2 aromatic carbocycles. The van der Waals surface area contributed by atoms with E-state index in [1.54, 1.807) is 5.56 Å². The van der Waals surface area contributed by atoms with Crippen LogP contribution in [0.25, 0.3) is 21.7 Å². The van der Waals surface area contributed by atoms with E-state index >= 15 is 0 Å². The Morgan fingerprint density at radius 3 is 2.57 bits per heavy atom. The molecule has 0 bridgehead atoms. The van der Waals surface area contributed by atoms with Crippen LogP contribution in [0.2, 0.25) is 0 Å². The molecule has 1 aromatic heterocycles. The molecule has 1 heterocycles. The molecular weight excluding hydrogens is 278 g/mol. The molecule has 1 aliphatic carbocycles. The largest absolute Gasteiger partial charge is 0.255 e. The van der Waals surface area contributed by atoms with Gasteiger partial charge in [0.2, 0.25) is 0 Å². The van der Waals surface area contributed by atoms with Crippen LogP contribution >= 0.6 is 0 Å². The molecule has 1 heteroatoms. The average molecular weight is 303 g/mol. The zero-order chi connectivity index (χ0) is 16.2. The van der Waals surface area contributed by atoms with E-state index in [0.717, 1.165) is 0 Å². The van der Waals surface area contributed by atoms with E-state index in [1.165, 1.54) is 52.1 Å². The number of pyridine rings is 1. The van der Waals surface area contributed by atoms with Gasteiger partial charge in [0.1, 0.15) is 0 Å². The first-order chi connectivity index (χ1) is 11.1. The summed E-state index contributed by atoms with van der Waals surface area (Å²) in [4.78, 5) is 4.92. The molecule has 0 radical (unpaired) electrons. The Morgan fingerprint density at radius 2 is 1.87 bits per heavy atom. The van der Waals surface area contributed by atoms with Gasteiger partial charge in [-0.1, -0.05) is 45.0 Å². The molecular formula is C22H25N. The lowest BCUT2D eigenvalue weighted by Crippen LogP contribution is -2.17. The van der Waals surface area contributed by atoms with Crippen LogP contribution in [-0.4, -0.2) is 4.98 Å². The fraction of sp³-hybridized carbons (Fsp3) is 0.409. The van der Waals surface area contributed by atoms with Gasteiger partial charge >= 0.3 is 0 Å². The number of aromatic nitrogens is 1.